The molecule has 158 valence electrons. The van der Waals surface area contributed by atoms with Crippen LogP contribution in [-0.2, 0) is 4.57 Å². The maximum atomic E-state index is 13.0. The topological polar surface area (TPSA) is 135 Å². The van der Waals surface area contributed by atoms with Gasteiger partial charge in [0.1, 0.15) is 5.82 Å². The first-order chi connectivity index (χ1) is 13.7. The Morgan fingerprint density at radius 3 is 2.62 bits per heavy atom. The first-order valence-corrected chi connectivity index (χ1v) is 11.3. The number of pyridine rings is 1. The molecule has 0 amide bonds. The van der Waals surface area contributed by atoms with E-state index in [4.69, 9.17) is 14.5 Å². The van der Waals surface area contributed by atoms with E-state index in [0.717, 1.165) is 17.5 Å². The highest BCUT2D eigenvalue weighted by Gasteiger charge is 2.26. The van der Waals surface area contributed by atoms with Crippen LogP contribution in [0.2, 0.25) is 0 Å². The lowest BCUT2D eigenvalue weighted by atomic mass is 9.94. The standard InChI is InChI=1S/C18H25N4O6P/c1-3-15(23)22-18(24)16-13(11-19-22)10-14(28-2)20-17(16)21-7-4-12(5-8-21)6-9-29(25,26)27/h10-12H,3-9H2,1-2H3,(H2,25,26,27). The van der Waals surface area contributed by atoms with Crippen LogP contribution < -0.4 is 15.2 Å². The Hall–Kier alpha value is -2.29. The van der Waals surface area contributed by atoms with Crippen molar-refractivity contribution in [3.05, 3.63) is 22.6 Å². The Morgan fingerprint density at radius 1 is 1.34 bits per heavy atom. The second-order valence-corrected chi connectivity index (χ2v) is 8.95. The Morgan fingerprint density at radius 2 is 2.03 bits per heavy atom. The fourth-order valence-electron chi connectivity index (χ4n) is 3.57. The molecule has 0 aromatic carbocycles. The van der Waals surface area contributed by atoms with Crippen molar-refractivity contribution in [2.45, 2.75) is 32.6 Å². The molecule has 29 heavy (non-hydrogen) atoms. The van der Waals surface area contributed by atoms with Gasteiger partial charge in [-0.1, -0.05) is 6.92 Å². The molecule has 2 N–H and O–H groups in total. The summed E-state index contributed by atoms with van der Waals surface area (Å²) in [6, 6.07) is 1.61. The van der Waals surface area contributed by atoms with Crippen LogP contribution in [0.15, 0.2) is 17.1 Å². The van der Waals surface area contributed by atoms with E-state index in [1.165, 1.54) is 13.3 Å². The van der Waals surface area contributed by atoms with E-state index in [9.17, 15) is 14.2 Å². The monoisotopic (exact) mass is 424 g/mol. The number of hydrogen-bond acceptors (Lipinski definition) is 7. The molecule has 0 radical (unpaired) electrons. The van der Waals surface area contributed by atoms with Gasteiger partial charge in [0.15, 0.2) is 0 Å². The fourth-order valence-corrected chi connectivity index (χ4v) is 4.27. The molecule has 0 aliphatic carbocycles. The Kier molecular flexibility index (Phi) is 6.36. The predicted molar refractivity (Wildman–Crippen MR) is 108 cm³/mol. The normalized spacial score (nSPS) is 15.7. The van der Waals surface area contributed by atoms with Crippen molar-refractivity contribution in [1.29, 1.82) is 0 Å². The number of hydrogen-bond donors (Lipinski definition) is 2. The number of carbonyl (C=O) groups is 1. The number of fused-ring (bicyclic) bond motifs is 1. The zero-order valence-electron chi connectivity index (χ0n) is 16.4. The summed E-state index contributed by atoms with van der Waals surface area (Å²) in [4.78, 5) is 49.6. The van der Waals surface area contributed by atoms with Crippen LogP contribution >= 0.6 is 7.60 Å². The lowest BCUT2D eigenvalue weighted by Crippen LogP contribution is -2.36. The van der Waals surface area contributed by atoms with Crippen molar-refractivity contribution in [3.63, 3.8) is 0 Å². The summed E-state index contributed by atoms with van der Waals surface area (Å²) in [5, 5.41) is 4.84. The van der Waals surface area contributed by atoms with E-state index < -0.39 is 19.1 Å². The van der Waals surface area contributed by atoms with Crippen LogP contribution in [0.3, 0.4) is 0 Å². The predicted octanol–water partition coefficient (Wildman–Crippen LogP) is 1.63. The van der Waals surface area contributed by atoms with Gasteiger partial charge in [-0.2, -0.15) is 14.8 Å². The molecule has 10 nitrogen and oxygen atoms in total. The molecule has 3 heterocycles. The minimum absolute atomic E-state index is 0.118. The van der Waals surface area contributed by atoms with Crippen LogP contribution in [0.25, 0.3) is 10.8 Å². The third-order valence-electron chi connectivity index (χ3n) is 5.22. The molecule has 0 bridgehead atoms. The molecule has 0 atom stereocenters. The molecule has 0 saturated carbocycles. The fraction of sp³-hybridized carbons (Fsp3) is 0.556. The van der Waals surface area contributed by atoms with Crippen LogP contribution in [0, 0.1) is 5.92 Å². The van der Waals surface area contributed by atoms with Crippen molar-refractivity contribution in [1.82, 2.24) is 14.8 Å². The largest absolute Gasteiger partial charge is 0.481 e. The van der Waals surface area contributed by atoms with Gasteiger partial charge in [-0.25, -0.2) is 0 Å². The van der Waals surface area contributed by atoms with Crippen LogP contribution in [0.5, 0.6) is 5.88 Å². The van der Waals surface area contributed by atoms with Crippen molar-refractivity contribution in [2.75, 3.05) is 31.3 Å². The van der Waals surface area contributed by atoms with Gasteiger partial charge in [0.25, 0.3) is 5.56 Å². The molecular formula is C18H25N4O6P. The van der Waals surface area contributed by atoms with Gasteiger partial charge in [0, 0.05) is 31.0 Å². The minimum Gasteiger partial charge on any atom is -0.481 e. The summed E-state index contributed by atoms with van der Waals surface area (Å²) in [6.07, 6.45) is 3.42. The second-order valence-electron chi connectivity index (χ2n) is 7.17. The Bertz CT molecular complexity index is 1010. The highest BCUT2D eigenvalue weighted by Crippen LogP contribution is 2.38. The van der Waals surface area contributed by atoms with Gasteiger partial charge < -0.3 is 19.4 Å². The molecule has 1 saturated heterocycles. The highest BCUT2D eigenvalue weighted by molar-refractivity contribution is 7.51. The first kappa shape index (κ1) is 21.4. The van der Waals surface area contributed by atoms with Gasteiger partial charge in [-0.3, -0.25) is 14.2 Å². The van der Waals surface area contributed by atoms with Gasteiger partial charge in [0.05, 0.1) is 24.9 Å². The number of piperidine rings is 1. The summed E-state index contributed by atoms with van der Waals surface area (Å²) >= 11 is 0. The zero-order chi connectivity index (χ0) is 21.2. The van der Waals surface area contributed by atoms with Gasteiger partial charge in [-0.15, -0.1) is 0 Å². The number of methoxy groups -OCH3 is 1. The number of carbonyl (C=O) groups excluding carboxylic acids is 1. The van der Waals surface area contributed by atoms with Crippen LogP contribution in [-0.4, -0.2) is 56.8 Å². The molecule has 3 rings (SSSR count). The average molecular weight is 424 g/mol. The third-order valence-corrected chi connectivity index (χ3v) is 6.06. The molecule has 1 aliphatic heterocycles. The molecule has 1 fully saturated rings. The number of nitrogens with zero attached hydrogens (tertiary/aromatic N) is 4. The van der Waals surface area contributed by atoms with Crippen molar-refractivity contribution < 1.29 is 23.9 Å². The number of rotatable bonds is 6. The summed E-state index contributed by atoms with van der Waals surface area (Å²) in [6.45, 7) is 2.84. The van der Waals surface area contributed by atoms with E-state index in [1.807, 2.05) is 4.90 Å². The highest BCUT2D eigenvalue weighted by atomic mass is 31.2. The van der Waals surface area contributed by atoms with E-state index >= 15 is 0 Å². The van der Waals surface area contributed by atoms with Crippen molar-refractivity contribution >= 4 is 30.1 Å². The van der Waals surface area contributed by atoms with Crippen molar-refractivity contribution in [3.8, 4) is 5.88 Å². The number of anilines is 1. The summed E-state index contributed by atoms with van der Waals surface area (Å²) in [7, 11) is -2.51. The van der Waals surface area contributed by atoms with E-state index in [0.29, 0.717) is 42.0 Å². The quantitative estimate of drug-likeness (QED) is 0.663. The number of aromatic nitrogens is 3. The molecular weight excluding hydrogens is 399 g/mol. The molecule has 11 heteroatoms. The smallest absolute Gasteiger partial charge is 0.325 e. The van der Waals surface area contributed by atoms with E-state index in [-0.39, 0.29) is 18.5 Å². The Labute approximate surface area is 167 Å². The van der Waals surface area contributed by atoms with Gasteiger partial charge in [-0.05, 0) is 25.2 Å². The molecule has 1 aliphatic rings. The van der Waals surface area contributed by atoms with Crippen LogP contribution in [0.4, 0.5) is 5.82 Å². The zero-order valence-corrected chi connectivity index (χ0v) is 17.3. The number of ether oxygens (including phenoxy) is 1. The van der Waals surface area contributed by atoms with Crippen molar-refractivity contribution in [2.24, 2.45) is 5.92 Å². The molecule has 2 aromatic rings. The first-order valence-electron chi connectivity index (χ1n) is 9.53. The van der Waals surface area contributed by atoms with Gasteiger partial charge in [0.2, 0.25) is 11.8 Å². The maximum absolute atomic E-state index is 13.0. The van der Waals surface area contributed by atoms with E-state index in [2.05, 4.69) is 10.1 Å². The second kappa shape index (κ2) is 8.61. The van der Waals surface area contributed by atoms with Gasteiger partial charge >= 0.3 is 7.60 Å². The van der Waals surface area contributed by atoms with Crippen LogP contribution in [0.1, 0.15) is 37.4 Å². The lowest BCUT2D eigenvalue weighted by molar-refractivity contribution is 0.0887. The maximum Gasteiger partial charge on any atom is 0.325 e. The summed E-state index contributed by atoms with van der Waals surface area (Å²) in [5.41, 5.74) is -0.511. The molecule has 2 aromatic heterocycles. The molecule has 0 unspecified atom stereocenters. The summed E-state index contributed by atoms with van der Waals surface area (Å²) < 4.78 is 17.2. The van der Waals surface area contributed by atoms with E-state index in [1.54, 1.807) is 13.0 Å². The lowest BCUT2D eigenvalue weighted by Gasteiger charge is -2.33. The minimum atomic E-state index is -4.00. The third kappa shape index (κ3) is 4.83. The Balaban J connectivity index is 1.93. The average Bonchev–Trinajstić information content (AvgIpc) is 2.71. The SMILES string of the molecule is CCC(=O)n1ncc2cc(OC)nc(N3CCC(CCP(=O)(O)O)CC3)c2c1=O. The molecule has 0 spiro atoms. The summed E-state index contributed by atoms with van der Waals surface area (Å²) in [5.74, 6) is 0.597.